The van der Waals surface area contributed by atoms with Crippen molar-refractivity contribution in [3.05, 3.63) is 5.69 Å². The average Bonchev–Trinajstić information content (AvgIpc) is 2.93. The Kier molecular flexibility index (Phi) is 2.32. The summed E-state index contributed by atoms with van der Waals surface area (Å²) in [5, 5.41) is 4.37. The first-order chi connectivity index (χ1) is 8.16. The third-order valence-corrected chi connectivity index (χ3v) is 3.38. The van der Waals surface area contributed by atoms with E-state index in [1.54, 1.807) is 0 Å². The zero-order valence-electron chi connectivity index (χ0n) is 10.2. The number of imidazole rings is 1. The molecule has 0 aliphatic carbocycles. The molecule has 0 bridgehead atoms. The van der Waals surface area contributed by atoms with Crippen LogP contribution in [0.25, 0.3) is 11.2 Å². The van der Waals surface area contributed by atoms with Crippen molar-refractivity contribution in [2.75, 3.05) is 18.9 Å². The molecule has 0 radical (unpaired) electrons. The summed E-state index contributed by atoms with van der Waals surface area (Å²) < 4.78 is 9.30. The first-order valence-electron chi connectivity index (χ1n) is 5.90. The first-order valence-corrected chi connectivity index (χ1v) is 5.90. The molecule has 3 heterocycles. The van der Waals surface area contributed by atoms with Crippen molar-refractivity contribution in [1.82, 2.24) is 19.3 Å². The molecule has 3 rings (SSSR count). The van der Waals surface area contributed by atoms with Crippen LogP contribution in [-0.2, 0) is 18.3 Å². The van der Waals surface area contributed by atoms with Crippen LogP contribution in [0, 0.1) is 12.8 Å². The van der Waals surface area contributed by atoms with E-state index in [2.05, 4.69) is 14.6 Å². The van der Waals surface area contributed by atoms with Gasteiger partial charge in [0.25, 0.3) is 0 Å². The minimum atomic E-state index is 0.532. The van der Waals surface area contributed by atoms with Gasteiger partial charge in [-0.2, -0.15) is 5.10 Å². The van der Waals surface area contributed by atoms with E-state index in [-0.39, 0.29) is 0 Å². The fourth-order valence-corrected chi connectivity index (χ4v) is 2.52. The number of nitrogen functional groups attached to an aromatic ring is 1. The van der Waals surface area contributed by atoms with E-state index in [0.29, 0.717) is 11.9 Å². The molecule has 1 aliphatic heterocycles. The summed E-state index contributed by atoms with van der Waals surface area (Å²) in [5.74, 6) is 1.10. The van der Waals surface area contributed by atoms with Crippen molar-refractivity contribution in [3.63, 3.8) is 0 Å². The highest BCUT2D eigenvalue weighted by molar-refractivity contribution is 5.77. The maximum Gasteiger partial charge on any atom is 0.202 e. The molecule has 0 saturated carbocycles. The normalized spacial score (nSPS) is 20.5. The largest absolute Gasteiger partial charge is 0.381 e. The molecule has 0 aromatic carbocycles. The van der Waals surface area contributed by atoms with Crippen LogP contribution in [0.1, 0.15) is 12.1 Å². The number of nitrogens with zero attached hydrogens (tertiary/aromatic N) is 4. The van der Waals surface area contributed by atoms with Gasteiger partial charge in [0.2, 0.25) is 5.95 Å². The molecule has 6 heteroatoms. The van der Waals surface area contributed by atoms with Crippen LogP contribution in [0.4, 0.5) is 5.95 Å². The topological polar surface area (TPSA) is 70.9 Å². The Morgan fingerprint density at radius 3 is 3.06 bits per heavy atom. The number of nitrogens with two attached hydrogens (primary N) is 1. The van der Waals surface area contributed by atoms with Crippen LogP contribution >= 0.6 is 0 Å². The molecule has 1 atom stereocenters. The number of ether oxygens (including phenoxy) is 1. The third kappa shape index (κ3) is 1.59. The number of hydrogen-bond acceptors (Lipinski definition) is 4. The lowest BCUT2D eigenvalue weighted by atomic mass is 10.1. The number of rotatable bonds is 2. The Morgan fingerprint density at radius 1 is 1.53 bits per heavy atom. The van der Waals surface area contributed by atoms with Gasteiger partial charge in [-0.05, 0) is 13.3 Å². The van der Waals surface area contributed by atoms with Gasteiger partial charge in [-0.1, -0.05) is 0 Å². The zero-order valence-corrected chi connectivity index (χ0v) is 10.2. The standard InChI is InChI=1S/C11H17N5O/c1-7-9-10(15(2)14-7)16(11(12)13-9)5-8-3-4-17-6-8/h8H,3-6H2,1-2H3,(H2,12,13). The second-order valence-corrected chi connectivity index (χ2v) is 4.69. The molecular weight excluding hydrogens is 218 g/mol. The lowest BCUT2D eigenvalue weighted by Gasteiger charge is -2.11. The Morgan fingerprint density at radius 2 is 2.35 bits per heavy atom. The molecule has 2 aromatic rings. The maximum absolute atomic E-state index is 5.98. The van der Waals surface area contributed by atoms with Crippen LogP contribution in [0.2, 0.25) is 0 Å². The van der Waals surface area contributed by atoms with E-state index in [1.165, 1.54) is 0 Å². The summed E-state index contributed by atoms with van der Waals surface area (Å²) in [6.45, 7) is 4.49. The highest BCUT2D eigenvalue weighted by Gasteiger charge is 2.21. The molecule has 6 nitrogen and oxygen atoms in total. The Hall–Kier alpha value is -1.56. The minimum absolute atomic E-state index is 0.532. The van der Waals surface area contributed by atoms with Crippen molar-refractivity contribution in [1.29, 1.82) is 0 Å². The molecular formula is C11H17N5O. The predicted molar refractivity (Wildman–Crippen MR) is 64.6 cm³/mol. The zero-order chi connectivity index (χ0) is 12.0. The van der Waals surface area contributed by atoms with Gasteiger partial charge < -0.3 is 10.5 Å². The van der Waals surface area contributed by atoms with Gasteiger partial charge in [0, 0.05) is 26.1 Å². The molecule has 1 aliphatic rings. The van der Waals surface area contributed by atoms with Gasteiger partial charge in [-0.25, -0.2) is 4.98 Å². The Labute approximate surface area is 99.4 Å². The molecule has 0 spiro atoms. The second-order valence-electron chi connectivity index (χ2n) is 4.69. The highest BCUT2D eigenvalue weighted by Crippen LogP contribution is 2.23. The van der Waals surface area contributed by atoms with Crippen molar-refractivity contribution in [2.24, 2.45) is 13.0 Å². The van der Waals surface area contributed by atoms with E-state index in [1.807, 2.05) is 18.7 Å². The summed E-state index contributed by atoms with van der Waals surface area (Å²) in [6.07, 6.45) is 1.09. The van der Waals surface area contributed by atoms with E-state index in [0.717, 1.165) is 43.0 Å². The number of aryl methyl sites for hydroxylation is 2. The highest BCUT2D eigenvalue weighted by atomic mass is 16.5. The summed E-state index contributed by atoms with van der Waals surface area (Å²) in [4.78, 5) is 4.39. The van der Waals surface area contributed by atoms with E-state index in [4.69, 9.17) is 10.5 Å². The summed E-state index contributed by atoms with van der Waals surface area (Å²) in [5.41, 5.74) is 8.82. The smallest absolute Gasteiger partial charge is 0.202 e. The predicted octanol–water partition coefficient (Wildman–Crippen LogP) is 0.697. The van der Waals surface area contributed by atoms with Crippen LogP contribution in [0.3, 0.4) is 0 Å². The van der Waals surface area contributed by atoms with E-state index >= 15 is 0 Å². The van der Waals surface area contributed by atoms with E-state index in [9.17, 15) is 0 Å². The molecule has 1 unspecified atom stereocenters. The monoisotopic (exact) mass is 235 g/mol. The van der Waals surface area contributed by atoms with Crippen molar-refractivity contribution in [3.8, 4) is 0 Å². The molecule has 1 fully saturated rings. The fourth-order valence-electron chi connectivity index (χ4n) is 2.52. The summed E-state index contributed by atoms with van der Waals surface area (Å²) in [7, 11) is 1.93. The van der Waals surface area contributed by atoms with Crippen LogP contribution < -0.4 is 5.73 Å². The molecule has 2 N–H and O–H groups in total. The second kappa shape index (κ2) is 3.73. The Bertz CT molecular complexity index is 550. The third-order valence-electron chi connectivity index (χ3n) is 3.38. The maximum atomic E-state index is 5.98. The van der Waals surface area contributed by atoms with Gasteiger partial charge in [-0.3, -0.25) is 9.25 Å². The summed E-state index contributed by atoms with van der Waals surface area (Å²) >= 11 is 0. The van der Waals surface area contributed by atoms with Crippen LogP contribution in [-0.4, -0.2) is 32.5 Å². The minimum Gasteiger partial charge on any atom is -0.381 e. The van der Waals surface area contributed by atoms with Gasteiger partial charge in [-0.15, -0.1) is 0 Å². The number of aromatic nitrogens is 4. The number of anilines is 1. The van der Waals surface area contributed by atoms with Crippen LogP contribution in [0.15, 0.2) is 0 Å². The molecule has 17 heavy (non-hydrogen) atoms. The molecule has 0 amide bonds. The molecule has 2 aromatic heterocycles. The first kappa shape index (κ1) is 10.6. The summed E-state index contributed by atoms with van der Waals surface area (Å²) in [6, 6.07) is 0. The lowest BCUT2D eigenvalue weighted by molar-refractivity contribution is 0.183. The van der Waals surface area contributed by atoms with Crippen LogP contribution in [0.5, 0.6) is 0 Å². The van der Waals surface area contributed by atoms with Gasteiger partial charge in [0.1, 0.15) is 5.52 Å². The van der Waals surface area contributed by atoms with Crippen molar-refractivity contribution >= 4 is 17.1 Å². The fraction of sp³-hybridized carbons (Fsp3) is 0.636. The van der Waals surface area contributed by atoms with Crippen molar-refractivity contribution < 1.29 is 4.74 Å². The average molecular weight is 235 g/mol. The van der Waals surface area contributed by atoms with Gasteiger partial charge in [0.05, 0.1) is 12.3 Å². The molecule has 92 valence electrons. The van der Waals surface area contributed by atoms with Gasteiger partial charge in [0.15, 0.2) is 5.65 Å². The molecule has 1 saturated heterocycles. The van der Waals surface area contributed by atoms with Crippen molar-refractivity contribution in [2.45, 2.75) is 19.9 Å². The SMILES string of the molecule is Cc1nn(C)c2c1nc(N)n2CC1CCOC1. The Balaban J connectivity index is 2.04. The van der Waals surface area contributed by atoms with Gasteiger partial charge >= 0.3 is 0 Å². The quantitative estimate of drug-likeness (QED) is 0.831. The van der Waals surface area contributed by atoms with E-state index < -0.39 is 0 Å². The lowest BCUT2D eigenvalue weighted by Crippen LogP contribution is -2.14. The number of hydrogen-bond donors (Lipinski definition) is 1. The number of fused-ring (bicyclic) bond motifs is 1.